The first-order valence-electron chi connectivity index (χ1n) is 5.94. The van der Waals surface area contributed by atoms with Gasteiger partial charge in [0.1, 0.15) is 5.60 Å². The number of amides is 1. The van der Waals surface area contributed by atoms with Crippen LogP contribution in [0.15, 0.2) is 0 Å². The van der Waals surface area contributed by atoms with Crippen LogP contribution in [0.25, 0.3) is 0 Å². The normalized spacial score (nSPS) is 43.8. The monoisotopic (exact) mass is 210 g/mol. The van der Waals surface area contributed by atoms with Crippen molar-refractivity contribution >= 4 is 6.09 Å². The molecule has 1 amide bonds. The molecule has 0 aromatic carbocycles. The summed E-state index contributed by atoms with van der Waals surface area (Å²) < 4.78 is 5.67. The second-order valence-corrected chi connectivity index (χ2v) is 5.00. The number of piperidine rings is 3. The molecule has 0 unspecified atom stereocenters. The van der Waals surface area contributed by atoms with Gasteiger partial charge in [-0.25, -0.2) is 4.79 Å². The zero-order valence-electron chi connectivity index (χ0n) is 9.24. The maximum atomic E-state index is 11.6. The Kier molecular flexibility index (Phi) is 1.96. The fourth-order valence-electron chi connectivity index (χ4n) is 3.32. The van der Waals surface area contributed by atoms with Gasteiger partial charge in [0, 0.05) is 19.0 Å². The fraction of sp³-hybridized carbons (Fsp3) is 0.909. The molecule has 4 aliphatic heterocycles. The maximum absolute atomic E-state index is 11.6. The van der Waals surface area contributed by atoms with E-state index in [0.29, 0.717) is 5.92 Å². The van der Waals surface area contributed by atoms with Crippen molar-refractivity contribution in [3.8, 4) is 0 Å². The average Bonchev–Trinajstić information content (AvgIpc) is 2.56. The SMILES string of the molecule is CCN1C[C@]2(CN3CCC2CC3)OC1=O. The van der Waals surface area contributed by atoms with Crippen LogP contribution >= 0.6 is 0 Å². The largest absolute Gasteiger partial charge is 0.439 e. The van der Waals surface area contributed by atoms with Gasteiger partial charge >= 0.3 is 6.09 Å². The Balaban J connectivity index is 1.84. The molecule has 4 heteroatoms. The summed E-state index contributed by atoms with van der Waals surface area (Å²) in [5, 5.41) is 0. The summed E-state index contributed by atoms with van der Waals surface area (Å²) in [4.78, 5) is 15.9. The summed E-state index contributed by atoms with van der Waals surface area (Å²) in [5.74, 6) is 0.600. The van der Waals surface area contributed by atoms with Crippen LogP contribution in [0.1, 0.15) is 19.8 Å². The Labute approximate surface area is 90.2 Å². The molecule has 4 aliphatic rings. The van der Waals surface area contributed by atoms with Gasteiger partial charge in [0.15, 0.2) is 0 Å². The molecule has 4 rings (SSSR count). The third-order valence-electron chi connectivity index (χ3n) is 4.21. The Hall–Kier alpha value is -0.770. The van der Waals surface area contributed by atoms with E-state index in [1.54, 1.807) is 0 Å². The number of likely N-dealkylation sites (N-methyl/N-ethyl adjacent to an activating group) is 1. The van der Waals surface area contributed by atoms with Crippen molar-refractivity contribution in [3.05, 3.63) is 0 Å². The quantitative estimate of drug-likeness (QED) is 0.645. The van der Waals surface area contributed by atoms with Crippen molar-refractivity contribution in [3.63, 3.8) is 0 Å². The van der Waals surface area contributed by atoms with E-state index in [1.165, 1.54) is 25.9 Å². The highest BCUT2D eigenvalue weighted by molar-refractivity contribution is 5.70. The molecule has 4 heterocycles. The number of carbonyl (C=O) groups excluding carboxylic acids is 1. The zero-order valence-corrected chi connectivity index (χ0v) is 9.24. The number of hydrogen-bond acceptors (Lipinski definition) is 3. The second-order valence-electron chi connectivity index (χ2n) is 5.00. The molecular weight excluding hydrogens is 192 g/mol. The van der Waals surface area contributed by atoms with E-state index >= 15 is 0 Å². The lowest BCUT2D eigenvalue weighted by molar-refractivity contribution is -0.0891. The van der Waals surface area contributed by atoms with Crippen LogP contribution in [0, 0.1) is 5.92 Å². The summed E-state index contributed by atoms with van der Waals surface area (Å²) in [5.41, 5.74) is -0.163. The van der Waals surface area contributed by atoms with Crippen LogP contribution in [0.5, 0.6) is 0 Å². The molecule has 4 fully saturated rings. The first-order valence-corrected chi connectivity index (χ1v) is 5.94. The van der Waals surface area contributed by atoms with Gasteiger partial charge in [0.2, 0.25) is 0 Å². The third kappa shape index (κ3) is 1.27. The van der Waals surface area contributed by atoms with E-state index in [0.717, 1.165) is 19.6 Å². The Bertz CT molecular complexity index is 286. The molecule has 0 radical (unpaired) electrons. The number of nitrogens with zero attached hydrogens (tertiary/aromatic N) is 2. The van der Waals surface area contributed by atoms with Gasteiger partial charge < -0.3 is 9.64 Å². The van der Waals surface area contributed by atoms with Crippen LogP contribution in [0.2, 0.25) is 0 Å². The van der Waals surface area contributed by atoms with Gasteiger partial charge in [-0.2, -0.15) is 0 Å². The van der Waals surface area contributed by atoms with Crippen LogP contribution in [-0.2, 0) is 4.74 Å². The van der Waals surface area contributed by atoms with Gasteiger partial charge in [0.05, 0.1) is 6.54 Å². The number of carbonyl (C=O) groups is 1. The lowest BCUT2D eigenvalue weighted by atomic mass is 9.75. The van der Waals surface area contributed by atoms with E-state index in [4.69, 9.17) is 4.74 Å². The predicted molar refractivity (Wildman–Crippen MR) is 55.6 cm³/mol. The number of hydrogen-bond donors (Lipinski definition) is 0. The van der Waals surface area contributed by atoms with Crippen LogP contribution in [-0.4, -0.2) is 54.2 Å². The average molecular weight is 210 g/mol. The van der Waals surface area contributed by atoms with Crippen LogP contribution in [0.4, 0.5) is 4.79 Å². The minimum Gasteiger partial charge on any atom is -0.439 e. The van der Waals surface area contributed by atoms with E-state index in [1.807, 2.05) is 11.8 Å². The van der Waals surface area contributed by atoms with Crippen molar-refractivity contribution in [1.29, 1.82) is 0 Å². The summed E-state index contributed by atoms with van der Waals surface area (Å²) in [6.07, 6.45) is 2.29. The first kappa shape index (κ1) is 9.46. The molecule has 0 aromatic rings. The second kappa shape index (κ2) is 3.11. The Morgan fingerprint density at radius 2 is 2.13 bits per heavy atom. The van der Waals surface area contributed by atoms with Crippen molar-refractivity contribution in [2.24, 2.45) is 5.92 Å². The number of rotatable bonds is 1. The molecule has 0 aromatic heterocycles. The molecule has 2 bridgehead atoms. The smallest absolute Gasteiger partial charge is 0.410 e. The standard InChI is InChI=1S/C11H18N2O2/c1-2-13-8-11(15-10(13)14)7-12-5-3-9(11)4-6-12/h9H,2-8H2,1H3/t11-/m0/s1. The lowest BCUT2D eigenvalue weighted by Crippen LogP contribution is -2.60. The Morgan fingerprint density at radius 1 is 1.40 bits per heavy atom. The molecule has 0 saturated carbocycles. The number of fused-ring (bicyclic) bond motifs is 2. The first-order chi connectivity index (χ1) is 7.23. The van der Waals surface area contributed by atoms with Crippen LogP contribution < -0.4 is 0 Å². The minimum absolute atomic E-state index is 0.105. The zero-order chi connectivity index (χ0) is 10.5. The predicted octanol–water partition coefficient (Wildman–Crippen LogP) is 0.923. The molecule has 1 atom stereocenters. The molecule has 4 saturated heterocycles. The molecule has 4 nitrogen and oxygen atoms in total. The van der Waals surface area contributed by atoms with Crippen molar-refractivity contribution in [2.75, 3.05) is 32.7 Å². The van der Waals surface area contributed by atoms with Gasteiger partial charge in [-0.15, -0.1) is 0 Å². The fourth-order valence-corrected chi connectivity index (χ4v) is 3.32. The summed E-state index contributed by atoms with van der Waals surface area (Å²) in [6, 6.07) is 0. The topological polar surface area (TPSA) is 32.8 Å². The highest BCUT2D eigenvalue weighted by Gasteiger charge is 2.54. The van der Waals surface area contributed by atoms with Gasteiger partial charge in [0.25, 0.3) is 0 Å². The maximum Gasteiger partial charge on any atom is 0.410 e. The lowest BCUT2D eigenvalue weighted by Gasteiger charge is -2.49. The molecule has 15 heavy (non-hydrogen) atoms. The number of ether oxygens (including phenoxy) is 1. The van der Waals surface area contributed by atoms with Gasteiger partial charge in [-0.1, -0.05) is 0 Å². The molecule has 1 spiro atoms. The van der Waals surface area contributed by atoms with Gasteiger partial charge in [-0.05, 0) is 32.9 Å². The van der Waals surface area contributed by atoms with E-state index < -0.39 is 0 Å². The summed E-state index contributed by atoms with van der Waals surface area (Å²) >= 11 is 0. The van der Waals surface area contributed by atoms with Crippen LogP contribution in [0.3, 0.4) is 0 Å². The summed E-state index contributed by atoms with van der Waals surface area (Å²) in [7, 11) is 0. The van der Waals surface area contributed by atoms with Crippen molar-refractivity contribution in [1.82, 2.24) is 9.80 Å². The molecule has 0 aliphatic carbocycles. The third-order valence-corrected chi connectivity index (χ3v) is 4.21. The van der Waals surface area contributed by atoms with Gasteiger partial charge in [-0.3, -0.25) is 4.90 Å². The summed E-state index contributed by atoms with van der Waals surface area (Å²) in [6.45, 7) is 6.94. The van der Waals surface area contributed by atoms with Crippen molar-refractivity contribution < 1.29 is 9.53 Å². The van der Waals surface area contributed by atoms with E-state index in [-0.39, 0.29) is 11.7 Å². The highest BCUT2D eigenvalue weighted by Crippen LogP contribution is 2.41. The molecule has 84 valence electrons. The minimum atomic E-state index is -0.163. The van der Waals surface area contributed by atoms with Crippen molar-refractivity contribution in [2.45, 2.75) is 25.4 Å². The molecule has 0 N–H and O–H groups in total. The van der Waals surface area contributed by atoms with E-state index in [2.05, 4.69) is 4.90 Å². The highest BCUT2D eigenvalue weighted by atomic mass is 16.6. The van der Waals surface area contributed by atoms with E-state index in [9.17, 15) is 4.79 Å². The Morgan fingerprint density at radius 3 is 2.60 bits per heavy atom. The molecular formula is C11H18N2O2.